The lowest BCUT2D eigenvalue weighted by molar-refractivity contribution is 0.0975. The molecule has 4 N–H and O–H groups in total. The molecule has 0 aliphatic heterocycles. The van der Waals surface area contributed by atoms with E-state index in [1.54, 1.807) is 23.1 Å². The molecule has 3 rings (SSSR count). The molecule has 0 aromatic heterocycles. The van der Waals surface area contributed by atoms with E-state index in [1.165, 1.54) is 12.1 Å². The average molecular weight is 357 g/mol. The fourth-order valence-electron chi connectivity index (χ4n) is 3.19. The first kappa shape index (κ1) is 18.1. The number of ketones is 2. The molecule has 0 amide bonds. The van der Waals surface area contributed by atoms with Crippen LogP contribution in [0.25, 0.3) is 0 Å². The lowest BCUT2D eigenvalue weighted by Crippen LogP contribution is -2.30. The number of aromatic hydroxyl groups is 2. The Hall–Kier alpha value is -2.74. The van der Waals surface area contributed by atoms with Gasteiger partial charge in [0.2, 0.25) is 0 Å². The van der Waals surface area contributed by atoms with E-state index in [-0.39, 0.29) is 60.7 Å². The Labute approximate surface area is 149 Å². The summed E-state index contributed by atoms with van der Waals surface area (Å²) in [5.41, 5.74) is 0.514. The van der Waals surface area contributed by atoms with Gasteiger partial charge in [-0.1, -0.05) is 24.3 Å². The largest absolute Gasteiger partial charge is 0.504 e. The van der Waals surface area contributed by atoms with Crippen LogP contribution in [0, 0.1) is 0 Å². The van der Waals surface area contributed by atoms with E-state index < -0.39 is 23.1 Å². The molecule has 2 aromatic rings. The molecule has 0 bridgehead atoms. The molecule has 7 nitrogen and oxygen atoms in total. The smallest absolute Gasteiger partial charge is 0.198 e. The van der Waals surface area contributed by atoms with Crippen LogP contribution in [-0.2, 0) is 6.54 Å². The van der Waals surface area contributed by atoms with E-state index in [9.17, 15) is 19.8 Å². The predicted octanol–water partition coefficient (Wildman–Crippen LogP) is 0.660. The minimum atomic E-state index is -0.627. The van der Waals surface area contributed by atoms with Gasteiger partial charge in [0, 0.05) is 41.9 Å². The molecule has 0 heterocycles. The minimum absolute atomic E-state index is 0.0342. The third-order valence-corrected chi connectivity index (χ3v) is 4.47. The van der Waals surface area contributed by atoms with Crippen LogP contribution in [-0.4, -0.2) is 63.2 Å². The van der Waals surface area contributed by atoms with Gasteiger partial charge in [-0.2, -0.15) is 0 Å². The number of carbonyl (C=O) groups excluding carboxylic acids is 2. The maximum Gasteiger partial charge on any atom is 0.198 e. The lowest BCUT2D eigenvalue weighted by Gasteiger charge is -2.24. The van der Waals surface area contributed by atoms with Gasteiger partial charge in [0.05, 0.1) is 18.8 Å². The molecule has 2 aromatic carbocycles. The van der Waals surface area contributed by atoms with Crippen LogP contribution in [0.15, 0.2) is 30.3 Å². The van der Waals surface area contributed by atoms with Gasteiger partial charge in [0.15, 0.2) is 23.1 Å². The number of benzene rings is 2. The molecule has 26 heavy (non-hydrogen) atoms. The van der Waals surface area contributed by atoms with Crippen molar-refractivity contribution in [2.75, 3.05) is 26.3 Å². The highest BCUT2D eigenvalue weighted by atomic mass is 16.3. The zero-order valence-corrected chi connectivity index (χ0v) is 14.0. The van der Waals surface area contributed by atoms with Gasteiger partial charge in [-0.05, 0) is 6.07 Å². The van der Waals surface area contributed by atoms with E-state index in [1.807, 2.05) is 0 Å². The highest BCUT2D eigenvalue weighted by molar-refractivity contribution is 6.29. The number of phenolic OH excluding ortho intramolecular Hbond substituents is 2. The molecule has 136 valence electrons. The van der Waals surface area contributed by atoms with Gasteiger partial charge in [0.25, 0.3) is 0 Å². The predicted molar refractivity (Wildman–Crippen MR) is 92.5 cm³/mol. The number of hydrogen-bond donors (Lipinski definition) is 4. The van der Waals surface area contributed by atoms with Crippen LogP contribution in [0.4, 0.5) is 0 Å². The quantitative estimate of drug-likeness (QED) is 0.479. The van der Waals surface area contributed by atoms with Crippen molar-refractivity contribution >= 4 is 11.6 Å². The van der Waals surface area contributed by atoms with Gasteiger partial charge in [-0.15, -0.1) is 0 Å². The van der Waals surface area contributed by atoms with Crippen LogP contribution >= 0.6 is 0 Å². The second-order valence-electron chi connectivity index (χ2n) is 6.08. The molecular weight excluding hydrogens is 338 g/mol. The van der Waals surface area contributed by atoms with Crippen molar-refractivity contribution in [3.05, 3.63) is 58.1 Å². The SMILES string of the molecule is O=C1c2ccccc2C(=O)c2c1cc(CN(CCO)CCO)c(O)c2O. The summed E-state index contributed by atoms with van der Waals surface area (Å²) >= 11 is 0. The van der Waals surface area contributed by atoms with Crippen molar-refractivity contribution < 1.29 is 30.0 Å². The van der Waals surface area contributed by atoms with Gasteiger partial charge >= 0.3 is 0 Å². The maximum atomic E-state index is 12.8. The summed E-state index contributed by atoms with van der Waals surface area (Å²) in [7, 11) is 0. The summed E-state index contributed by atoms with van der Waals surface area (Å²) in [4.78, 5) is 27.1. The second-order valence-corrected chi connectivity index (χ2v) is 6.08. The van der Waals surface area contributed by atoms with Crippen LogP contribution in [0.2, 0.25) is 0 Å². The first-order chi connectivity index (χ1) is 12.5. The summed E-state index contributed by atoms with van der Waals surface area (Å²) in [5.74, 6) is -2.02. The second kappa shape index (κ2) is 7.25. The fraction of sp³-hybridized carbons (Fsp3) is 0.263. The molecule has 7 heteroatoms. The van der Waals surface area contributed by atoms with Crippen molar-refractivity contribution in [1.29, 1.82) is 0 Å². The summed E-state index contributed by atoms with van der Waals surface area (Å²) in [6.45, 7) is 0.281. The first-order valence-corrected chi connectivity index (χ1v) is 8.19. The summed E-state index contributed by atoms with van der Waals surface area (Å²) in [5, 5.41) is 38.9. The molecule has 0 radical (unpaired) electrons. The minimum Gasteiger partial charge on any atom is -0.504 e. The molecule has 0 spiro atoms. The van der Waals surface area contributed by atoms with E-state index >= 15 is 0 Å². The van der Waals surface area contributed by atoms with E-state index in [0.29, 0.717) is 0 Å². The molecule has 0 atom stereocenters. The molecule has 0 saturated carbocycles. The zero-order valence-electron chi connectivity index (χ0n) is 14.0. The number of phenols is 2. The number of aliphatic hydroxyl groups excluding tert-OH is 2. The number of aliphatic hydroxyl groups is 2. The third kappa shape index (κ3) is 2.96. The van der Waals surface area contributed by atoms with Gasteiger partial charge in [0.1, 0.15) is 0 Å². The normalized spacial score (nSPS) is 13.0. The number of rotatable bonds is 6. The fourth-order valence-corrected chi connectivity index (χ4v) is 3.19. The summed E-state index contributed by atoms with van der Waals surface area (Å²) in [6, 6.07) is 7.73. The zero-order chi connectivity index (χ0) is 18.8. The van der Waals surface area contributed by atoms with Crippen molar-refractivity contribution in [3.8, 4) is 11.5 Å². The standard InChI is InChI=1S/C19H19NO6/c21-7-5-20(6-8-22)10-11-9-14-15(19(26)16(11)23)18(25)13-4-2-1-3-12(13)17(14)24/h1-4,9,21-23,26H,5-8,10H2. The highest BCUT2D eigenvalue weighted by Crippen LogP contribution is 2.40. The van der Waals surface area contributed by atoms with E-state index in [2.05, 4.69) is 0 Å². The van der Waals surface area contributed by atoms with Crippen LogP contribution in [0.5, 0.6) is 11.5 Å². The number of hydrogen-bond acceptors (Lipinski definition) is 7. The Kier molecular flexibility index (Phi) is 5.03. The van der Waals surface area contributed by atoms with Crippen molar-refractivity contribution in [2.45, 2.75) is 6.54 Å². The summed E-state index contributed by atoms with van der Waals surface area (Å²) < 4.78 is 0. The van der Waals surface area contributed by atoms with Crippen LogP contribution in [0.1, 0.15) is 37.4 Å². The topological polar surface area (TPSA) is 118 Å². The molecule has 1 aliphatic carbocycles. The van der Waals surface area contributed by atoms with Gasteiger partial charge in [-0.3, -0.25) is 14.5 Å². The first-order valence-electron chi connectivity index (χ1n) is 8.19. The number of nitrogens with zero attached hydrogens (tertiary/aromatic N) is 1. The van der Waals surface area contributed by atoms with Crippen molar-refractivity contribution in [2.24, 2.45) is 0 Å². The van der Waals surface area contributed by atoms with E-state index in [0.717, 1.165) is 0 Å². The Balaban J connectivity index is 2.08. The Bertz CT molecular complexity index is 871. The highest BCUT2D eigenvalue weighted by Gasteiger charge is 2.34. The molecular formula is C19H19NO6. The molecule has 1 aliphatic rings. The Morgan fingerprint density at radius 2 is 1.38 bits per heavy atom. The van der Waals surface area contributed by atoms with Gasteiger partial charge < -0.3 is 20.4 Å². The average Bonchev–Trinajstić information content (AvgIpc) is 2.64. The van der Waals surface area contributed by atoms with Crippen molar-refractivity contribution in [1.82, 2.24) is 4.90 Å². The maximum absolute atomic E-state index is 12.8. The van der Waals surface area contributed by atoms with Crippen LogP contribution < -0.4 is 0 Å². The Morgan fingerprint density at radius 1 is 0.808 bits per heavy atom. The monoisotopic (exact) mass is 357 g/mol. The molecule has 0 saturated heterocycles. The number of carbonyl (C=O) groups is 2. The summed E-state index contributed by atoms with van der Waals surface area (Å²) in [6.07, 6.45) is 0. The van der Waals surface area contributed by atoms with Crippen LogP contribution in [0.3, 0.4) is 0 Å². The van der Waals surface area contributed by atoms with Crippen molar-refractivity contribution in [3.63, 3.8) is 0 Å². The van der Waals surface area contributed by atoms with Gasteiger partial charge in [-0.25, -0.2) is 0 Å². The number of fused-ring (bicyclic) bond motifs is 2. The molecule has 0 fully saturated rings. The molecule has 0 unspecified atom stereocenters. The Morgan fingerprint density at radius 3 is 1.96 bits per heavy atom. The van der Waals surface area contributed by atoms with E-state index in [4.69, 9.17) is 10.2 Å². The third-order valence-electron chi connectivity index (χ3n) is 4.47. The lowest BCUT2D eigenvalue weighted by atomic mass is 9.82.